The summed E-state index contributed by atoms with van der Waals surface area (Å²) in [6, 6.07) is 8.89. The lowest BCUT2D eigenvalue weighted by atomic mass is 10.1. The zero-order valence-corrected chi connectivity index (χ0v) is 12.3. The van der Waals surface area contributed by atoms with Gasteiger partial charge < -0.3 is 5.11 Å². The molecule has 0 aliphatic rings. The lowest BCUT2D eigenvalue weighted by Crippen LogP contribution is -2.23. The molecule has 1 heterocycles. The van der Waals surface area contributed by atoms with Crippen LogP contribution in [0.3, 0.4) is 0 Å². The molecule has 2 N–H and O–H groups in total. The average molecular weight is 301 g/mol. The molecule has 0 saturated carbocycles. The Kier molecular flexibility index (Phi) is 5.12. The second-order valence-electron chi connectivity index (χ2n) is 4.51. The van der Waals surface area contributed by atoms with Crippen LogP contribution in [0.4, 0.5) is 0 Å². The van der Waals surface area contributed by atoms with Crippen molar-refractivity contribution >= 4 is 17.2 Å². The molecule has 0 aliphatic carbocycles. The van der Waals surface area contributed by atoms with E-state index >= 15 is 0 Å². The van der Waals surface area contributed by atoms with E-state index in [4.69, 9.17) is 0 Å². The third kappa shape index (κ3) is 4.43. The minimum absolute atomic E-state index is 0.0772. The minimum atomic E-state index is -0.908. The van der Waals surface area contributed by atoms with Crippen molar-refractivity contribution in [2.24, 2.45) is 0 Å². The molecule has 0 bridgehead atoms. The standard InChI is InChI=1S/C16H15NO3S/c1-12(18)17(20)10-14-3-2-4-15(9-14)16(19)6-5-13-7-8-21-11-13/h2-4,7-9,11,16,19-20H,10H2,1H3. The van der Waals surface area contributed by atoms with Gasteiger partial charge in [-0.25, -0.2) is 5.06 Å². The van der Waals surface area contributed by atoms with E-state index in [2.05, 4.69) is 11.8 Å². The predicted molar refractivity (Wildman–Crippen MR) is 80.6 cm³/mol. The number of hydrogen-bond donors (Lipinski definition) is 2. The molecule has 0 spiro atoms. The highest BCUT2D eigenvalue weighted by Gasteiger charge is 2.08. The molecule has 1 unspecified atom stereocenters. The molecule has 0 fully saturated rings. The molecule has 2 rings (SSSR count). The van der Waals surface area contributed by atoms with E-state index < -0.39 is 12.0 Å². The third-order valence-electron chi connectivity index (χ3n) is 2.84. The number of carbonyl (C=O) groups excluding carboxylic acids is 1. The van der Waals surface area contributed by atoms with Gasteiger partial charge in [-0.3, -0.25) is 10.0 Å². The van der Waals surface area contributed by atoms with Crippen LogP contribution in [0.5, 0.6) is 0 Å². The zero-order chi connectivity index (χ0) is 15.2. The Balaban J connectivity index is 2.11. The number of carbonyl (C=O) groups is 1. The molecule has 1 aromatic heterocycles. The number of thiophene rings is 1. The molecule has 0 radical (unpaired) electrons. The van der Waals surface area contributed by atoms with Crippen LogP contribution in [-0.4, -0.2) is 21.3 Å². The smallest absolute Gasteiger partial charge is 0.243 e. The molecule has 0 aliphatic heterocycles. The molecule has 5 heteroatoms. The highest BCUT2D eigenvalue weighted by Crippen LogP contribution is 2.15. The van der Waals surface area contributed by atoms with E-state index in [0.29, 0.717) is 10.6 Å². The first-order chi connectivity index (χ1) is 10.1. The highest BCUT2D eigenvalue weighted by atomic mass is 32.1. The fourth-order valence-corrected chi connectivity index (χ4v) is 2.30. The van der Waals surface area contributed by atoms with Crippen molar-refractivity contribution < 1.29 is 15.1 Å². The van der Waals surface area contributed by atoms with Crippen LogP contribution in [0.2, 0.25) is 0 Å². The summed E-state index contributed by atoms with van der Waals surface area (Å²) < 4.78 is 0. The van der Waals surface area contributed by atoms with Crippen LogP contribution < -0.4 is 0 Å². The Morgan fingerprint density at radius 1 is 1.43 bits per heavy atom. The van der Waals surface area contributed by atoms with Crippen LogP contribution >= 0.6 is 11.3 Å². The summed E-state index contributed by atoms with van der Waals surface area (Å²) in [5, 5.41) is 24.0. The Labute approximate surface area is 127 Å². The predicted octanol–water partition coefficient (Wildman–Crippen LogP) is 2.57. The normalized spacial score (nSPS) is 11.4. The number of amides is 1. The molecular weight excluding hydrogens is 286 g/mol. The summed E-state index contributed by atoms with van der Waals surface area (Å²) in [4.78, 5) is 11.0. The number of hydroxylamine groups is 2. The zero-order valence-electron chi connectivity index (χ0n) is 11.5. The molecular formula is C16H15NO3S. The highest BCUT2D eigenvalue weighted by molar-refractivity contribution is 7.08. The molecule has 1 atom stereocenters. The topological polar surface area (TPSA) is 60.8 Å². The fourth-order valence-electron chi connectivity index (χ4n) is 1.72. The number of benzene rings is 1. The van der Waals surface area contributed by atoms with Gasteiger partial charge in [0, 0.05) is 17.9 Å². The van der Waals surface area contributed by atoms with Gasteiger partial charge in [0.1, 0.15) is 6.10 Å². The maximum absolute atomic E-state index is 11.0. The van der Waals surface area contributed by atoms with Crippen LogP contribution in [0.1, 0.15) is 29.7 Å². The Bertz CT molecular complexity index is 670. The number of aliphatic hydroxyl groups is 1. The van der Waals surface area contributed by atoms with E-state index in [0.717, 1.165) is 11.1 Å². The van der Waals surface area contributed by atoms with Gasteiger partial charge in [-0.2, -0.15) is 11.3 Å². The van der Waals surface area contributed by atoms with E-state index in [9.17, 15) is 15.1 Å². The third-order valence-corrected chi connectivity index (χ3v) is 3.52. The van der Waals surface area contributed by atoms with Crippen molar-refractivity contribution in [2.75, 3.05) is 0 Å². The number of aliphatic hydroxyl groups excluding tert-OH is 1. The van der Waals surface area contributed by atoms with Crippen LogP contribution in [0.15, 0.2) is 41.1 Å². The Hall–Kier alpha value is -2.13. The van der Waals surface area contributed by atoms with Gasteiger partial charge in [-0.1, -0.05) is 36.1 Å². The van der Waals surface area contributed by atoms with Crippen molar-refractivity contribution in [3.05, 3.63) is 57.8 Å². The summed E-state index contributed by atoms with van der Waals surface area (Å²) >= 11 is 1.55. The first-order valence-corrected chi connectivity index (χ1v) is 7.28. The monoisotopic (exact) mass is 301 g/mol. The van der Waals surface area contributed by atoms with Crippen molar-refractivity contribution in [3.63, 3.8) is 0 Å². The second-order valence-corrected chi connectivity index (χ2v) is 5.29. The van der Waals surface area contributed by atoms with Crippen molar-refractivity contribution in [1.82, 2.24) is 5.06 Å². The van der Waals surface area contributed by atoms with E-state index in [1.54, 1.807) is 35.6 Å². The van der Waals surface area contributed by atoms with E-state index in [-0.39, 0.29) is 6.54 Å². The minimum Gasteiger partial charge on any atom is -0.376 e. The molecule has 4 nitrogen and oxygen atoms in total. The largest absolute Gasteiger partial charge is 0.376 e. The summed E-state index contributed by atoms with van der Waals surface area (Å²) in [5.74, 6) is 5.24. The fraction of sp³-hybridized carbons (Fsp3) is 0.188. The Morgan fingerprint density at radius 3 is 2.90 bits per heavy atom. The SMILES string of the molecule is CC(=O)N(O)Cc1cccc(C(O)C#Cc2ccsc2)c1. The maximum Gasteiger partial charge on any atom is 0.243 e. The second kappa shape index (κ2) is 7.04. The lowest BCUT2D eigenvalue weighted by molar-refractivity contribution is -0.165. The summed E-state index contributed by atoms with van der Waals surface area (Å²) in [7, 11) is 0. The summed E-state index contributed by atoms with van der Waals surface area (Å²) in [6.07, 6.45) is -0.908. The Morgan fingerprint density at radius 2 is 2.24 bits per heavy atom. The number of rotatable bonds is 3. The average Bonchev–Trinajstić information content (AvgIpc) is 2.98. The van der Waals surface area contributed by atoms with Crippen molar-refractivity contribution in [2.45, 2.75) is 19.6 Å². The first-order valence-electron chi connectivity index (χ1n) is 6.34. The molecule has 2 aromatic rings. The van der Waals surface area contributed by atoms with Gasteiger partial charge in [0.15, 0.2) is 0 Å². The van der Waals surface area contributed by atoms with Crippen molar-refractivity contribution in [3.8, 4) is 11.8 Å². The van der Waals surface area contributed by atoms with Gasteiger partial charge in [-0.15, -0.1) is 0 Å². The maximum atomic E-state index is 11.0. The van der Waals surface area contributed by atoms with E-state index in [1.165, 1.54) is 6.92 Å². The quantitative estimate of drug-likeness (QED) is 0.520. The molecule has 0 saturated heterocycles. The van der Waals surface area contributed by atoms with Gasteiger partial charge in [0.05, 0.1) is 6.54 Å². The summed E-state index contributed by atoms with van der Waals surface area (Å²) in [6.45, 7) is 1.36. The molecule has 1 aromatic carbocycles. The first kappa shape index (κ1) is 15.3. The van der Waals surface area contributed by atoms with Crippen LogP contribution in [0.25, 0.3) is 0 Å². The molecule has 1 amide bonds. The number of nitrogens with zero attached hydrogens (tertiary/aromatic N) is 1. The van der Waals surface area contributed by atoms with Gasteiger partial charge in [0.25, 0.3) is 0 Å². The van der Waals surface area contributed by atoms with Gasteiger partial charge in [0.2, 0.25) is 5.91 Å². The molecule has 108 valence electrons. The molecule has 21 heavy (non-hydrogen) atoms. The van der Waals surface area contributed by atoms with Crippen LogP contribution in [0, 0.1) is 11.8 Å². The van der Waals surface area contributed by atoms with E-state index in [1.807, 2.05) is 16.8 Å². The lowest BCUT2D eigenvalue weighted by Gasteiger charge is -2.13. The van der Waals surface area contributed by atoms with Crippen molar-refractivity contribution in [1.29, 1.82) is 0 Å². The van der Waals surface area contributed by atoms with Gasteiger partial charge >= 0.3 is 0 Å². The van der Waals surface area contributed by atoms with Gasteiger partial charge in [-0.05, 0) is 22.6 Å². The summed E-state index contributed by atoms with van der Waals surface area (Å²) in [5.41, 5.74) is 2.22. The van der Waals surface area contributed by atoms with Crippen LogP contribution in [-0.2, 0) is 11.3 Å². The number of hydrogen-bond acceptors (Lipinski definition) is 4.